The first-order chi connectivity index (χ1) is 10.2. The molecule has 0 heterocycles. The van der Waals surface area contributed by atoms with Crippen LogP contribution in [0.15, 0.2) is 23.3 Å². The van der Waals surface area contributed by atoms with Gasteiger partial charge in [0.05, 0.1) is 0 Å². The average molecular weight is 302 g/mol. The number of hydrogen-bond donors (Lipinski definition) is 1. The van der Waals surface area contributed by atoms with Gasteiger partial charge in [0, 0.05) is 23.4 Å². The molecule has 1 rings (SSSR count). The highest BCUT2D eigenvalue weighted by Gasteiger charge is 2.22. The largest absolute Gasteiger partial charge is 0.355 e. The predicted molar refractivity (Wildman–Crippen MR) is 89.6 cm³/mol. The first-order valence-corrected chi connectivity index (χ1v) is 7.59. The van der Waals surface area contributed by atoms with E-state index in [9.17, 15) is 4.79 Å². The van der Waals surface area contributed by atoms with E-state index in [0.717, 1.165) is 6.42 Å². The standard InChI is InChI=1S/C17H26N4O/c1-12-6-7-14(8-13(12)2)9-15(11-20-21-18)10-19-16(22)17(3,4)5/h6-8,15H,9-11H2,1-5H3,(H,19,22). The van der Waals surface area contributed by atoms with Gasteiger partial charge in [0.2, 0.25) is 5.91 Å². The van der Waals surface area contributed by atoms with Crippen molar-refractivity contribution in [2.45, 2.75) is 41.0 Å². The summed E-state index contributed by atoms with van der Waals surface area (Å²) in [5.41, 5.74) is 11.8. The maximum atomic E-state index is 12.0. The van der Waals surface area contributed by atoms with Crippen molar-refractivity contribution in [3.05, 3.63) is 45.3 Å². The third kappa shape index (κ3) is 5.78. The summed E-state index contributed by atoms with van der Waals surface area (Å²) in [5, 5.41) is 6.63. The average Bonchev–Trinajstić information content (AvgIpc) is 2.44. The number of azide groups is 1. The third-order valence-electron chi connectivity index (χ3n) is 3.73. The molecule has 0 saturated carbocycles. The molecule has 1 N–H and O–H groups in total. The molecule has 0 aliphatic carbocycles. The van der Waals surface area contributed by atoms with E-state index in [2.05, 4.69) is 47.4 Å². The minimum Gasteiger partial charge on any atom is -0.355 e. The first kappa shape index (κ1) is 18.1. The van der Waals surface area contributed by atoms with E-state index in [1.807, 2.05) is 20.8 Å². The normalized spacial score (nSPS) is 12.4. The van der Waals surface area contributed by atoms with Gasteiger partial charge in [-0.3, -0.25) is 4.79 Å². The summed E-state index contributed by atoms with van der Waals surface area (Å²) in [5.74, 6) is 0.114. The lowest BCUT2D eigenvalue weighted by molar-refractivity contribution is -0.128. The van der Waals surface area contributed by atoms with Crippen molar-refractivity contribution in [2.24, 2.45) is 16.4 Å². The van der Waals surface area contributed by atoms with Crippen LogP contribution in [0, 0.1) is 25.2 Å². The number of rotatable bonds is 6. The van der Waals surface area contributed by atoms with Crippen molar-refractivity contribution in [1.82, 2.24) is 5.32 Å². The van der Waals surface area contributed by atoms with Crippen LogP contribution >= 0.6 is 0 Å². The number of carbonyl (C=O) groups excluding carboxylic acids is 1. The lowest BCUT2D eigenvalue weighted by Gasteiger charge is -2.21. The fourth-order valence-electron chi connectivity index (χ4n) is 2.12. The predicted octanol–water partition coefficient (Wildman–Crippen LogP) is 3.93. The zero-order chi connectivity index (χ0) is 16.8. The van der Waals surface area contributed by atoms with E-state index in [1.165, 1.54) is 16.7 Å². The Morgan fingerprint density at radius 2 is 2.00 bits per heavy atom. The monoisotopic (exact) mass is 302 g/mol. The second-order valence-corrected chi connectivity index (χ2v) is 6.86. The van der Waals surface area contributed by atoms with Crippen LogP contribution in [0.2, 0.25) is 0 Å². The second-order valence-electron chi connectivity index (χ2n) is 6.86. The molecule has 0 bridgehead atoms. The van der Waals surface area contributed by atoms with Gasteiger partial charge in [-0.05, 0) is 48.4 Å². The molecule has 1 aromatic rings. The zero-order valence-corrected chi connectivity index (χ0v) is 14.2. The van der Waals surface area contributed by atoms with Crippen LogP contribution in [0.1, 0.15) is 37.5 Å². The molecule has 1 unspecified atom stereocenters. The van der Waals surface area contributed by atoms with Gasteiger partial charge in [-0.15, -0.1) is 0 Å². The second kappa shape index (κ2) is 7.85. The number of hydrogen-bond acceptors (Lipinski definition) is 2. The molecule has 5 heteroatoms. The summed E-state index contributed by atoms with van der Waals surface area (Å²) in [4.78, 5) is 14.8. The Morgan fingerprint density at radius 1 is 1.32 bits per heavy atom. The Morgan fingerprint density at radius 3 is 2.55 bits per heavy atom. The van der Waals surface area contributed by atoms with E-state index in [4.69, 9.17) is 5.53 Å². The van der Waals surface area contributed by atoms with E-state index >= 15 is 0 Å². The maximum Gasteiger partial charge on any atom is 0.225 e. The highest BCUT2D eigenvalue weighted by Crippen LogP contribution is 2.16. The van der Waals surface area contributed by atoms with Crippen molar-refractivity contribution in [3.8, 4) is 0 Å². The summed E-state index contributed by atoms with van der Waals surface area (Å²) >= 11 is 0. The topological polar surface area (TPSA) is 77.9 Å². The molecule has 1 atom stereocenters. The van der Waals surface area contributed by atoms with E-state index in [1.54, 1.807) is 0 Å². The van der Waals surface area contributed by atoms with Gasteiger partial charge in [0.25, 0.3) is 0 Å². The molecular weight excluding hydrogens is 276 g/mol. The number of amides is 1. The Kier molecular flexibility index (Phi) is 6.44. The summed E-state index contributed by atoms with van der Waals surface area (Å²) in [6.45, 7) is 10.7. The van der Waals surface area contributed by atoms with Crippen molar-refractivity contribution in [3.63, 3.8) is 0 Å². The number of benzene rings is 1. The smallest absolute Gasteiger partial charge is 0.225 e. The van der Waals surface area contributed by atoms with Gasteiger partial charge in [-0.1, -0.05) is 44.1 Å². The summed E-state index contributed by atoms with van der Waals surface area (Å²) in [6.07, 6.45) is 0.782. The van der Waals surface area contributed by atoms with Crippen molar-refractivity contribution in [1.29, 1.82) is 0 Å². The van der Waals surface area contributed by atoms with Crippen LogP contribution in [-0.2, 0) is 11.2 Å². The van der Waals surface area contributed by atoms with Crippen molar-refractivity contribution < 1.29 is 4.79 Å². The number of aryl methyl sites for hydroxylation is 2. The lowest BCUT2D eigenvalue weighted by Crippen LogP contribution is -2.38. The van der Waals surface area contributed by atoms with Gasteiger partial charge in [-0.2, -0.15) is 0 Å². The number of nitrogens with zero attached hydrogens (tertiary/aromatic N) is 3. The van der Waals surface area contributed by atoms with Crippen LogP contribution in [0.25, 0.3) is 10.4 Å². The van der Waals surface area contributed by atoms with Crippen molar-refractivity contribution in [2.75, 3.05) is 13.1 Å². The van der Waals surface area contributed by atoms with E-state index in [-0.39, 0.29) is 11.8 Å². The molecule has 0 spiro atoms. The van der Waals surface area contributed by atoms with E-state index < -0.39 is 5.41 Å². The van der Waals surface area contributed by atoms with Crippen LogP contribution < -0.4 is 5.32 Å². The molecule has 0 aromatic heterocycles. The zero-order valence-electron chi connectivity index (χ0n) is 14.2. The molecule has 0 radical (unpaired) electrons. The van der Waals surface area contributed by atoms with Crippen LogP contribution in [0.4, 0.5) is 0 Å². The highest BCUT2D eigenvalue weighted by atomic mass is 16.2. The fourth-order valence-corrected chi connectivity index (χ4v) is 2.12. The van der Waals surface area contributed by atoms with Crippen LogP contribution in [0.5, 0.6) is 0 Å². The molecule has 0 saturated heterocycles. The van der Waals surface area contributed by atoms with Crippen molar-refractivity contribution >= 4 is 5.91 Å². The first-order valence-electron chi connectivity index (χ1n) is 7.59. The maximum absolute atomic E-state index is 12.0. The minimum atomic E-state index is -0.413. The fraction of sp³-hybridized carbons (Fsp3) is 0.588. The quantitative estimate of drug-likeness (QED) is 0.482. The highest BCUT2D eigenvalue weighted by molar-refractivity contribution is 5.81. The molecule has 22 heavy (non-hydrogen) atoms. The molecule has 5 nitrogen and oxygen atoms in total. The molecule has 0 aliphatic heterocycles. The molecule has 0 fully saturated rings. The number of nitrogens with one attached hydrogen (secondary N) is 1. The van der Waals surface area contributed by atoms with Gasteiger partial charge in [-0.25, -0.2) is 0 Å². The SMILES string of the molecule is Cc1ccc(CC(CN=[N+]=[N-])CNC(=O)C(C)(C)C)cc1C. The summed E-state index contributed by atoms with van der Waals surface area (Å²) in [6, 6.07) is 6.35. The molecule has 1 amide bonds. The number of carbonyl (C=O) groups is 1. The Labute approximate surface area is 132 Å². The summed E-state index contributed by atoms with van der Waals surface area (Å²) < 4.78 is 0. The summed E-state index contributed by atoms with van der Waals surface area (Å²) in [7, 11) is 0. The molecule has 1 aromatic carbocycles. The lowest BCUT2D eigenvalue weighted by atomic mass is 9.94. The van der Waals surface area contributed by atoms with Gasteiger partial charge >= 0.3 is 0 Å². The van der Waals surface area contributed by atoms with E-state index in [0.29, 0.717) is 13.1 Å². The van der Waals surface area contributed by atoms with Gasteiger partial charge in [0.1, 0.15) is 0 Å². The van der Waals surface area contributed by atoms with Gasteiger partial charge < -0.3 is 5.32 Å². The Hall–Kier alpha value is -2.00. The third-order valence-corrected chi connectivity index (χ3v) is 3.73. The minimum absolute atomic E-state index is 0.0125. The van der Waals surface area contributed by atoms with Gasteiger partial charge in [0.15, 0.2) is 0 Å². The van der Waals surface area contributed by atoms with Crippen LogP contribution in [0.3, 0.4) is 0 Å². The van der Waals surface area contributed by atoms with Crippen LogP contribution in [-0.4, -0.2) is 19.0 Å². The molecule has 120 valence electrons. The Bertz CT molecular complexity index is 569. The molecular formula is C17H26N4O. The molecule has 0 aliphatic rings. The Balaban J connectivity index is 2.73.